The van der Waals surface area contributed by atoms with E-state index in [0.29, 0.717) is 5.39 Å². The zero-order valence-electron chi connectivity index (χ0n) is 8.19. The van der Waals surface area contributed by atoms with Crippen molar-refractivity contribution in [3.05, 3.63) is 23.1 Å². The zero-order valence-corrected chi connectivity index (χ0v) is 8.95. The van der Waals surface area contributed by atoms with Crippen molar-refractivity contribution in [2.45, 2.75) is 0 Å². The van der Waals surface area contributed by atoms with Crippen molar-refractivity contribution in [1.82, 2.24) is 14.8 Å². The van der Waals surface area contributed by atoms with Gasteiger partial charge in [-0.3, -0.25) is 4.68 Å². The molecule has 2 heterocycles. The van der Waals surface area contributed by atoms with Gasteiger partial charge in [0.15, 0.2) is 5.69 Å². The topological polar surface area (TPSA) is 57.0 Å². The second-order valence-electron chi connectivity index (χ2n) is 2.99. The van der Waals surface area contributed by atoms with Crippen LogP contribution in [0.25, 0.3) is 10.9 Å². The van der Waals surface area contributed by atoms with E-state index in [0.717, 1.165) is 5.52 Å². The van der Waals surface area contributed by atoms with E-state index >= 15 is 0 Å². The van der Waals surface area contributed by atoms with E-state index in [1.54, 1.807) is 24.0 Å². The van der Waals surface area contributed by atoms with Crippen molar-refractivity contribution < 1.29 is 9.53 Å². The average Bonchev–Trinajstić information content (AvgIpc) is 2.58. The zero-order chi connectivity index (χ0) is 11.0. The molecule has 5 nitrogen and oxygen atoms in total. The maximum Gasteiger partial charge on any atom is 0.357 e. The molecule has 15 heavy (non-hydrogen) atoms. The van der Waals surface area contributed by atoms with E-state index in [2.05, 4.69) is 14.8 Å². The Hall–Kier alpha value is -1.62. The van der Waals surface area contributed by atoms with Gasteiger partial charge in [0.25, 0.3) is 0 Å². The minimum atomic E-state index is -0.518. The molecule has 2 rings (SSSR count). The standard InChI is InChI=1S/C9H8ClN3O2/c1-13-6-3-7(10)12-8(9(14)15-2)5(6)4-11-13/h3-4H,1-2H3. The number of aryl methyl sites for hydroxylation is 1. The van der Waals surface area contributed by atoms with Gasteiger partial charge in [0.05, 0.1) is 24.2 Å². The summed E-state index contributed by atoms with van der Waals surface area (Å²) >= 11 is 5.79. The number of nitrogens with zero attached hydrogens (tertiary/aromatic N) is 3. The Balaban J connectivity index is 2.78. The van der Waals surface area contributed by atoms with Crippen LogP contribution >= 0.6 is 11.6 Å². The highest BCUT2D eigenvalue weighted by Gasteiger charge is 2.15. The lowest BCUT2D eigenvalue weighted by Crippen LogP contribution is -2.05. The highest BCUT2D eigenvalue weighted by molar-refractivity contribution is 6.30. The van der Waals surface area contributed by atoms with Crippen LogP contribution in [0.3, 0.4) is 0 Å². The van der Waals surface area contributed by atoms with Crippen LogP contribution in [0.2, 0.25) is 5.15 Å². The molecule has 0 aliphatic rings. The number of pyridine rings is 1. The van der Waals surface area contributed by atoms with Gasteiger partial charge in [-0.05, 0) is 0 Å². The minimum absolute atomic E-state index is 0.188. The van der Waals surface area contributed by atoms with Gasteiger partial charge in [0, 0.05) is 13.1 Å². The molecule has 0 spiro atoms. The van der Waals surface area contributed by atoms with Crippen molar-refractivity contribution >= 4 is 28.5 Å². The van der Waals surface area contributed by atoms with Crippen LogP contribution in [0.15, 0.2) is 12.3 Å². The minimum Gasteiger partial charge on any atom is -0.464 e. The third kappa shape index (κ3) is 1.55. The summed E-state index contributed by atoms with van der Waals surface area (Å²) in [5.74, 6) is -0.518. The molecule has 78 valence electrons. The molecule has 0 N–H and O–H groups in total. The Morgan fingerprint density at radius 2 is 2.33 bits per heavy atom. The van der Waals surface area contributed by atoms with Crippen molar-refractivity contribution in [3.63, 3.8) is 0 Å². The van der Waals surface area contributed by atoms with Crippen LogP contribution in [0.5, 0.6) is 0 Å². The number of hydrogen-bond acceptors (Lipinski definition) is 4. The second-order valence-corrected chi connectivity index (χ2v) is 3.37. The molecule has 0 unspecified atom stereocenters. The molecule has 0 fully saturated rings. The van der Waals surface area contributed by atoms with Crippen LogP contribution in [0, 0.1) is 0 Å². The van der Waals surface area contributed by atoms with E-state index in [1.165, 1.54) is 7.11 Å². The molecule has 0 aliphatic carbocycles. The lowest BCUT2D eigenvalue weighted by molar-refractivity contribution is 0.0596. The number of halogens is 1. The molecule has 0 aromatic carbocycles. The van der Waals surface area contributed by atoms with Gasteiger partial charge in [-0.15, -0.1) is 0 Å². The van der Waals surface area contributed by atoms with Crippen LogP contribution in [0.4, 0.5) is 0 Å². The van der Waals surface area contributed by atoms with Crippen molar-refractivity contribution in [2.75, 3.05) is 7.11 Å². The maximum atomic E-state index is 11.4. The highest BCUT2D eigenvalue weighted by Crippen LogP contribution is 2.20. The number of rotatable bonds is 1. The van der Waals surface area contributed by atoms with Crippen LogP contribution < -0.4 is 0 Å². The monoisotopic (exact) mass is 225 g/mol. The first-order valence-electron chi connectivity index (χ1n) is 4.20. The second kappa shape index (κ2) is 3.51. The van der Waals surface area contributed by atoms with Crippen molar-refractivity contribution in [3.8, 4) is 0 Å². The lowest BCUT2D eigenvalue weighted by atomic mass is 10.2. The summed E-state index contributed by atoms with van der Waals surface area (Å²) in [5, 5.41) is 4.90. The normalized spacial score (nSPS) is 10.6. The Morgan fingerprint density at radius 3 is 3.00 bits per heavy atom. The molecule has 6 heteroatoms. The predicted molar refractivity (Wildman–Crippen MR) is 54.9 cm³/mol. The van der Waals surface area contributed by atoms with Gasteiger partial charge in [0.2, 0.25) is 0 Å². The van der Waals surface area contributed by atoms with E-state index < -0.39 is 5.97 Å². The number of esters is 1. The van der Waals surface area contributed by atoms with Crippen molar-refractivity contribution in [2.24, 2.45) is 7.05 Å². The van der Waals surface area contributed by atoms with Crippen LogP contribution in [-0.4, -0.2) is 27.8 Å². The summed E-state index contributed by atoms with van der Waals surface area (Å²) < 4.78 is 6.23. The fourth-order valence-corrected chi connectivity index (χ4v) is 1.55. The van der Waals surface area contributed by atoms with E-state index in [1.807, 2.05) is 0 Å². The first kappa shape index (κ1) is 9.92. The Morgan fingerprint density at radius 1 is 1.60 bits per heavy atom. The molecular weight excluding hydrogens is 218 g/mol. The summed E-state index contributed by atoms with van der Waals surface area (Å²) in [7, 11) is 3.06. The molecule has 0 saturated carbocycles. The molecular formula is C9H8ClN3O2. The number of methoxy groups -OCH3 is 1. The molecule has 2 aromatic heterocycles. The van der Waals surface area contributed by atoms with E-state index in [4.69, 9.17) is 11.6 Å². The molecule has 2 aromatic rings. The lowest BCUT2D eigenvalue weighted by Gasteiger charge is -2.01. The Bertz CT molecular complexity index is 535. The van der Waals surface area contributed by atoms with Gasteiger partial charge in [-0.25, -0.2) is 9.78 Å². The van der Waals surface area contributed by atoms with Gasteiger partial charge >= 0.3 is 5.97 Å². The number of carbonyl (C=O) groups is 1. The van der Waals surface area contributed by atoms with Gasteiger partial charge in [-0.2, -0.15) is 5.10 Å². The average molecular weight is 226 g/mol. The summed E-state index contributed by atoms with van der Waals surface area (Å²) in [6.07, 6.45) is 1.56. The van der Waals surface area contributed by atoms with Gasteiger partial charge in [0.1, 0.15) is 5.15 Å². The van der Waals surface area contributed by atoms with Crippen LogP contribution in [-0.2, 0) is 11.8 Å². The molecule has 0 atom stereocenters. The van der Waals surface area contributed by atoms with Crippen molar-refractivity contribution in [1.29, 1.82) is 0 Å². The summed E-state index contributed by atoms with van der Waals surface area (Å²) in [5.41, 5.74) is 0.934. The molecule has 0 amide bonds. The fourth-order valence-electron chi connectivity index (χ4n) is 1.37. The largest absolute Gasteiger partial charge is 0.464 e. The Labute approximate surface area is 90.6 Å². The van der Waals surface area contributed by atoms with Gasteiger partial charge in [-0.1, -0.05) is 11.6 Å². The molecule has 0 aliphatic heterocycles. The molecule has 0 radical (unpaired) electrons. The smallest absolute Gasteiger partial charge is 0.357 e. The number of fused-ring (bicyclic) bond motifs is 1. The maximum absolute atomic E-state index is 11.4. The highest BCUT2D eigenvalue weighted by atomic mass is 35.5. The number of hydrogen-bond donors (Lipinski definition) is 0. The van der Waals surface area contributed by atoms with Crippen LogP contribution in [0.1, 0.15) is 10.5 Å². The van der Waals surface area contributed by atoms with E-state index in [9.17, 15) is 4.79 Å². The number of ether oxygens (including phenoxy) is 1. The Kier molecular flexibility index (Phi) is 2.32. The summed E-state index contributed by atoms with van der Waals surface area (Å²) in [6, 6.07) is 1.65. The number of aromatic nitrogens is 3. The predicted octanol–water partition coefficient (Wildman–Crippen LogP) is 1.41. The first-order valence-corrected chi connectivity index (χ1v) is 4.58. The third-order valence-corrected chi connectivity index (χ3v) is 2.29. The summed E-state index contributed by atoms with van der Waals surface area (Å²) in [4.78, 5) is 15.3. The van der Waals surface area contributed by atoms with E-state index in [-0.39, 0.29) is 10.8 Å². The quantitative estimate of drug-likeness (QED) is 0.544. The SMILES string of the molecule is COC(=O)c1nc(Cl)cc2c1cnn2C. The molecule has 0 bridgehead atoms. The first-order chi connectivity index (χ1) is 7.13. The molecule has 0 saturated heterocycles. The fraction of sp³-hybridized carbons (Fsp3) is 0.222. The summed E-state index contributed by atoms with van der Waals surface area (Å²) in [6.45, 7) is 0. The third-order valence-electron chi connectivity index (χ3n) is 2.09. The number of carbonyl (C=O) groups excluding carboxylic acids is 1. The van der Waals surface area contributed by atoms with Gasteiger partial charge < -0.3 is 4.74 Å².